The van der Waals surface area contributed by atoms with Crippen LogP contribution >= 0.6 is 0 Å². The maximum Gasteiger partial charge on any atom is 0.174 e. The van der Waals surface area contributed by atoms with E-state index < -0.39 is 0 Å². The van der Waals surface area contributed by atoms with Gasteiger partial charge in [0.15, 0.2) is 5.78 Å². The van der Waals surface area contributed by atoms with Gasteiger partial charge < -0.3 is 5.32 Å². The lowest BCUT2D eigenvalue weighted by atomic mass is 10.4. The van der Waals surface area contributed by atoms with Gasteiger partial charge in [0.1, 0.15) is 0 Å². The van der Waals surface area contributed by atoms with Gasteiger partial charge in [-0.25, -0.2) is 0 Å². The van der Waals surface area contributed by atoms with Crippen molar-refractivity contribution in [2.45, 2.75) is 6.92 Å². The van der Waals surface area contributed by atoms with Crippen LogP contribution in [0.3, 0.4) is 0 Å². The monoisotopic (exact) mass is 99.1 g/mol. The molecule has 7 heavy (non-hydrogen) atoms. The van der Waals surface area contributed by atoms with Gasteiger partial charge in [-0.15, -0.1) is 0 Å². The molecule has 0 atom stereocenters. The third-order valence-corrected chi connectivity index (χ3v) is 0.727. The SMILES string of the molecule is C=C(NC)C(C)=O. The summed E-state index contributed by atoms with van der Waals surface area (Å²) in [6, 6.07) is 0. The largest absolute Gasteiger partial charge is 0.386 e. The number of nitrogens with one attached hydrogen (secondary N) is 1. The number of likely N-dealkylation sites (N-methyl/N-ethyl adjacent to an activating group) is 1. The molecule has 0 aromatic heterocycles. The summed E-state index contributed by atoms with van der Waals surface area (Å²) in [5.41, 5.74) is 0.458. The molecule has 0 spiro atoms. The first-order chi connectivity index (χ1) is 3.18. The first kappa shape index (κ1) is 6.21. The molecule has 0 heterocycles. The lowest BCUT2D eigenvalue weighted by molar-refractivity contribution is -0.113. The van der Waals surface area contributed by atoms with Crippen LogP contribution < -0.4 is 5.32 Å². The normalized spacial score (nSPS) is 7.71. The van der Waals surface area contributed by atoms with Crippen molar-refractivity contribution >= 4 is 5.78 Å². The van der Waals surface area contributed by atoms with E-state index in [2.05, 4.69) is 11.9 Å². The summed E-state index contributed by atoms with van der Waals surface area (Å²) < 4.78 is 0. The summed E-state index contributed by atoms with van der Waals surface area (Å²) in [7, 11) is 1.67. The molecule has 40 valence electrons. The van der Waals surface area contributed by atoms with E-state index in [1.54, 1.807) is 7.05 Å². The van der Waals surface area contributed by atoms with Gasteiger partial charge >= 0.3 is 0 Å². The molecule has 0 aliphatic carbocycles. The molecular formula is C5H9NO. The summed E-state index contributed by atoms with van der Waals surface area (Å²) in [5, 5.41) is 2.62. The Bertz CT molecular complexity index is 96.3. The van der Waals surface area contributed by atoms with Crippen LogP contribution in [0.1, 0.15) is 6.92 Å². The van der Waals surface area contributed by atoms with Crippen LogP contribution in [0.15, 0.2) is 12.3 Å². The van der Waals surface area contributed by atoms with Crippen LogP contribution in [0.25, 0.3) is 0 Å². The summed E-state index contributed by atoms with van der Waals surface area (Å²) in [6.45, 7) is 4.88. The Hall–Kier alpha value is -0.790. The summed E-state index contributed by atoms with van der Waals surface area (Å²) in [5.74, 6) is -0.0116. The zero-order valence-corrected chi connectivity index (χ0v) is 4.62. The lowest BCUT2D eigenvalue weighted by Gasteiger charge is -1.94. The molecule has 1 N–H and O–H groups in total. The first-order valence-electron chi connectivity index (χ1n) is 2.06. The molecule has 0 unspecified atom stereocenters. The Morgan fingerprint density at radius 2 is 2.14 bits per heavy atom. The highest BCUT2D eigenvalue weighted by molar-refractivity contribution is 5.91. The van der Waals surface area contributed by atoms with E-state index in [0.717, 1.165) is 0 Å². The lowest BCUT2D eigenvalue weighted by Crippen LogP contribution is -2.10. The Labute approximate surface area is 43.2 Å². The van der Waals surface area contributed by atoms with E-state index >= 15 is 0 Å². The van der Waals surface area contributed by atoms with E-state index in [1.807, 2.05) is 0 Å². The molecule has 0 aliphatic heterocycles. The molecule has 0 amide bonds. The van der Waals surface area contributed by atoms with E-state index in [-0.39, 0.29) is 5.78 Å². The highest BCUT2D eigenvalue weighted by Gasteiger charge is 1.91. The minimum Gasteiger partial charge on any atom is -0.386 e. The van der Waals surface area contributed by atoms with E-state index in [0.29, 0.717) is 5.70 Å². The molecule has 0 saturated carbocycles. The van der Waals surface area contributed by atoms with Gasteiger partial charge in [0.05, 0.1) is 5.70 Å². The summed E-state index contributed by atoms with van der Waals surface area (Å²) >= 11 is 0. The Morgan fingerprint density at radius 3 is 2.14 bits per heavy atom. The highest BCUT2D eigenvalue weighted by Crippen LogP contribution is 1.79. The summed E-state index contributed by atoms with van der Waals surface area (Å²) in [4.78, 5) is 10.2. The number of ketones is 1. The fourth-order valence-electron chi connectivity index (χ4n) is 0.176. The Morgan fingerprint density at radius 1 is 1.71 bits per heavy atom. The van der Waals surface area contributed by atoms with Crippen LogP contribution in [-0.2, 0) is 4.79 Å². The van der Waals surface area contributed by atoms with Crippen molar-refractivity contribution in [3.8, 4) is 0 Å². The second-order valence-corrected chi connectivity index (χ2v) is 1.28. The van der Waals surface area contributed by atoms with Gasteiger partial charge in [0, 0.05) is 14.0 Å². The molecule has 2 nitrogen and oxygen atoms in total. The maximum absolute atomic E-state index is 10.2. The van der Waals surface area contributed by atoms with Crippen molar-refractivity contribution in [1.82, 2.24) is 5.32 Å². The smallest absolute Gasteiger partial charge is 0.174 e. The molecular weight excluding hydrogens is 90.1 g/mol. The van der Waals surface area contributed by atoms with Gasteiger partial charge in [-0.05, 0) is 0 Å². The molecule has 0 fully saturated rings. The van der Waals surface area contributed by atoms with Crippen LogP contribution in [0.4, 0.5) is 0 Å². The van der Waals surface area contributed by atoms with Crippen molar-refractivity contribution < 1.29 is 4.79 Å². The number of hydrogen-bond donors (Lipinski definition) is 1. The molecule has 0 aromatic rings. The molecule has 0 saturated heterocycles. The predicted octanol–water partition coefficient (Wildman–Crippen LogP) is 0.309. The molecule has 0 radical (unpaired) electrons. The van der Waals surface area contributed by atoms with E-state index in [9.17, 15) is 4.79 Å². The topological polar surface area (TPSA) is 29.1 Å². The van der Waals surface area contributed by atoms with Crippen LogP contribution in [0, 0.1) is 0 Å². The number of carbonyl (C=O) groups is 1. The molecule has 0 rings (SSSR count). The van der Waals surface area contributed by atoms with Crippen molar-refractivity contribution in [3.63, 3.8) is 0 Å². The quantitative estimate of drug-likeness (QED) is 0.505. The van der Waals surface area contributed by atoms with Crippen LogP contribution in [0.5, 0.6) is 0 Å². The predicted molar refractivity (Wildman–Crippen MR) is 28.9 cm³/mol. The Balaban J connectivity index is 3.58. The minimum absolute atomic E-state index is 0.0116. The van der Waals surface area contributed by atoms with E-state index in [4.69, 9.17) is 0 Å². The van der Waals surface area contributed by atoms with Gasteiger partial charge in [0.2, 0.25) is 0 Å². The van der Waals surface area contributed by atoms with Crippen molar-refractivity contribution in [3.05, 3.63) is 12.3 Å². The standard InChI is InChI=1S/C5H9NO/c1-4(6-3)5(2)7/h6H,1H2,2-3H3. The third kappa shape index (κ3) is 1.98. The van der Waals surface area contributed by atoms with Crippen LogP contribution in [-0.4, -0.2) is 12.8 Å². The molecule has 2 heteroatoms. The third-order valence-electron chi connectivity index (χ3n) is 0.727. The minimum atomic E-state index is -0.0116. The molecule has 0 bridgehead atoms. The average Bonchev–Trinajstić information content (AvgIpc) is 1.65. The number of rotatable bonds is 2. The second-order valence-electron chi connectivity index (χ2n) is 1.28. The van der Waals surface area contributed by atoms with E-state index in [1.165, 1.54) is 6.92 Å². The number of Topliss-reactive ketones (excluding diaryl/α,β-unsaturated/α-hetero) is 1. The van der Waals surface area contributed by atoms with Crippen LogP contribution in [0.2, 0.25) is 0 Å². The number of allylic oxidation sites excluding steroid dienone is 1. The number of hydrogen-bond acceptors (Lipinski definition) is 2. The van der Waals surface area contributed by atoms with Crippen molar-refractivity contribution in [2.24, 2.45) is 0 Å². The van der Waals surface area contributed by atoms with Gasteiger partial charge in [-0.1, -0.05) is 6.58 Å². The molecule has 0 aromatic carbocycles. The zero-order chi connectivity index (χ0) is 5.86. The fourth-order valence-corrected chi connectivity index (χ4v) is 0.176. The van der Waals surface area contributed by atoms with Crippen molar-refractivity contribution in [2.75, 3.05) is 7.05 Å². The Kier molecular flexibility index (Phi) is 2.12. The first-order valence-corrected chi connectivity index (χ1v) is 2.06. The highest BCUT2D eigenvalue weighted by atomic mass is 16.1. The summed E-state index contributed by atoms with van der Waals surface area (Å²) in [6.07, 6.45) is 0. The average molecular weight is 99.1 g/mol. The second kappa shape index (κ2) is 2.39. The van der Waals surface area contributed by atoms with Gasteiger partial charge in [-0.2, -0.15) is 0 Å². The van der Waals surface area contributed by atoms with Gasteiger partial charge in [0.25, 0.3) is 0 Å². The van der Waals surface area contributed by atoms with Gasteiger partial charge in [-0.3, -0.25) is 4.79 Å². The maximum atomic E-state index is 10.2. The van der Waals surface area contributed by atoms with Crippen molar-refractivity contribution in [1.29, 1.82) is 0 Å². The number of carbonyl (C=O) groups excluding carboxylic acids is 1. The fraction of sp³-hybridized carbons (Fsp3) is 0.400. The molecule has 0 aliphatic rings. The zero-order valence-electron chi connectivity index (χ0n) is 4.62.